The minimum absolute atomic E-state index is 0.0160. The molecule has 2 aromatic rings. The molecule has 0 saturated carbocycles. The van der Waals surface area contributed by atoms with Crippen LogP contribution < -0.4 is 11.1 Å². The lowest BCUT2D eigenvalue weighted by molar-refractivity contribution is 0.0937. The van der Waals surface area contributed by atoms with Crippen molar-refractivity contribution in [1.82, 2.24) is 10.3 Å². The molecule has 0 spiro atoms. The number of aromatic nitrogens is 1. The second-order valence-electron chi connectivity index (χ2n) is 4.88. The molecule has 0 fully saturated rings. The molecular formula is C15H14ClN3O. The number of amides is 1. The number of carbonyl (C=O) groups excluding carboxylic acids is 1. The van der Waals surface area contributed by atoms with Crippen LogP contribution in [0.5, 0.6) is 0 Å². The van der Waals surface area contributed by atoms with E-state index in [9.17, 15) is 4.79 Å². The number of carbonyl (C=O) groups is 1. The van der Waals surface area contributed by atoms with Gasteiger partial charge >= 0.3 is 0 Å². The van der Waals surface area contributed by atoms with Gasteiger partial charge in [0.15, 0.2) is 0 Å². The first-order chi connectivity index (χ1) is 9.65. The number of pyridine rings is 1. The van der Waals surface area contributed by atoms with Gasteiger partial charge in [-0.1, -0.05) is 17.7 Å². The number of rotatable bonds is 2. The largest absolute Gasteiger partial charge is 0.399 e. The van der Waals surface area contributed by atoms with Gasteiger partial charge in [-0.3, -0.25) is 9.78 Å². The van der Waals surface area contributed by atoms with E-state index in [1.807, 2.05) is 18.2 Å². The highest BCUT2D eigenvalue weighted by molar-refractivity contribution is 6.33. The van der Waals surface area contributed by atoms with Crippen LogP contribution in [0, 0.1) is 0 Å². The van der Waals surface area contributed by atoms with Crippen LogP contribution >= 0.6 is 11.6 Å². The molecule has 0 saturated heterocycles. The molecule has 0 radical (unpaired) electrons. The number of nitrogens with zero attached hydrogens (tertiary/aromatic N) is 1. The minimum Gasteiger partial charge on any atom is -0.399 e. The summed E-state index contributed by atoms with van der Waals surface area (Å²) < 4.78 is 0. The second kappa shape index (κ2) is 5.13. The third-order valence-electron chi connectivity index (χ3n) is 3.57. The fourth-order valence-electron chi connectivity index (χ4n) is 2.58. The molecule has 1 atom stereocenters. The first-order valence-corrected chi connectivity index (χ1v) is 6.81. The summed E-state index contributed by atoms with van der Waals surface area (Å²) in [7, 11) is 0. The van der Waals surface area contributed by atoms with Gasteiger partial charge in [-0.25, -0.2) is 0 Å². The number of nitrogens with one attached hydrogen (secondary N) is 1. The fourth-order valence-corrected chi connectivity index (χ4v) is 2.79. The Balaban J connectivity index is 1.81. The summed E-state index contributed by atoms with van der Waals surface area (Å²) in [5, 5.41) is 3.38. The molecule has 5 heteroatoms. The molecule has 0 bridgehead atoms. The average Bonchev–Trinajstić information content (AvgIpc) is 2.81. The normalized spacial score (nSPS) is 16.8. The number of anilines is 1. The topological polar surface area (TPSA) is 68.0 Å². The van der Waals surface area contributed by atoms with Gasteiger partial charge in [0.1, 0.15) is 0 Å². The molecule has 3 rings (SSSR count). The van der Waals surface area contributed by atoms with E-state index in [1.165, 1.54) is 11.8 Å². The van der Waals surface area contributed by atoms with Crippen molar-refractivity contribution in [3.8, 4) is 0 Å². The van der Waals surface area contributed by atoms with Gasteiger partial charge in [0.05, 0.1) is 16.6 Å². The van der Waals surface area contributed by atoms with E-state index >= 15 is 0 Å². The van der Waals surface area contributed by atoms with Crippen molar-refractivity contribution in [3.63, 3.8) is 0 Å². The third-order valence-corrected chi connectivity index (χ3v) is 3.87. The van der Waals surface area contributed by atoms with Gasteiger partial charge in [-0.05, 0) is 42.2 Å². The van der Waals surface area contributed by atoms with Crippen molar-refractivity contribution in [2.24, 2.45) is 0 Å². The summed E-state index contributed by atoms with van der Waals surface area (Å²) in [4.78, 5) is 16.1. The van der Waals surface area contributed by atoms with E-state index in [-0.39, 0.29) is 11.9 Å². The third kappa shape index (κ3) is 2.34. The number of nitrogen functional groups attached to an aromatic ring is 1. The number of nitrogens with two attached hydrogens (primary N) is 1. The van der Waals surface area contributed by atoms with Gasteiger partial charge in [0.2, 0.25) is 0 Å². The van der Waals surface area contributed by atoms with E-state index < -0.39 is 0 Å². The smallest absolute Gasteiger partial charge is 0.253 e. The highest BCUT2D eigenvalue weighted by Crippen LogP contribution is 2.32. The maximum atomic E-state index is 12.3. The van der Waals surface area contributed by atoms with Gasteiger partial charge in [0, 0.05) is 18.1 Å². The lowest BCUT2D eigenvalue weighted by Crippen LogP contribution is -2.27. The van der Waals surface area contributed by atoms with Gasteiger partial charge in [0.25, 0.3) is 5.91 Å². The number of hydrogen-bond donors (Lipinski definition) is 2. The standard InChI is InChI=1S/C15H14ClN3O/c16-13-8-18-6-5-12(13)15(20)19-14-4-1-9-7-10(17)2-3-11(9)14/h2-3,5-8,14H,1,4,17H2,(H,19,20). The molecule has 1 heterocycles. The molecule has 20 heavy (non-hydrogen) atoms. The Morgan fingerprint density at radius 3 is 3.05 bits per heavy atom. The maximum Gasteiger partial charge on any atom is 0.253 e. The number of fused-ring (bicyclic) bond motifs is 1. The first-order valence-electron chi connectivity index (χ1n) is 6.44. The van der Waals surface area contributed by atoms with Crippen LogP contribution in [0.3, 0.4) is 0 Å². The quantitative estimate of drug-likeness (QED) is 0.835. The Kier molecular flexibility index (Phi) is 3.32. The zero-order chi connectivity index (χ0) is 14.1. The highest BCUT2D eigenvalue weighted by Gasteiger charge is 2.24. The van der Waals surface area contributed by atoms with Crippen LogP contribution in [0.15, 0.2) is 36.7 Å². The predicted octanol–water partition coefficient (Wildman–Crippen LogP) is 2.73. The number of halogens is 1. The maximum absolute atomic E-state index is 12.3. The molecule has 0 aliphatic heterocycles. The van der Waals surface area contributed by atoms with E-state index in [1.54, 1.807) is 12.3 Å². The molecule has 1 aliphatic rings. The molecule has 102 valence electrons. The predicted molar refractivity (Wildman–Crippen MR) is 78.6 cm³/mol. The Hall–Kier alpha value is -2.07. The number of hydrogen-bond acceptors (Lipinski definition) is 3. The minimum atomic E-state index is -0.174. The zero-order valence-corrected chi connectivity index (χ0v) is 11.5. The summed E-state index contributed by atoms with van der Waals surface area (Å²) in [5.74, 6) is -0.174. The molecular weight excluding hydrogens is 274 g/mol. The van der Waals surface area contributed by atoms with Crippen molar-refractivity contribution in [3.05, 3.63) is 58.4 Å². The van der Waals surface area contributed by atoms with Gasteiger partial charge in [-0.2, -0.15) is 0 Å². The van der Waals surface area contributed by atoms with E-state index in [0.29, 0.717) is 10.6 Å². The van der Waals surface area contributed by atoms with Crippen molar-refractivity contribution >= 4 is 23.2 Å². The fraction of sp³-hybridized carbons (Fsp3) is 0.200. The van der Waals surface area contributed by atoms with Gasteiger partial charge < -0.3 is 11.1 Å². The lowest BCUT2D eigenvalue weighted by Gasteiger charge is -2.14. The van der Waals surface area contributed by atoms with Crippen LogP contribution in [0.4, 0.5) is 5.69 Å². The van der Waals surface area contributed by atoms with Crippen LogP contribution in [0.2, 0.25) is 5.02 Å². The highest BCUT2D eigenvalue weighted by atomic mass is 35.5. The summed E-state index contributed by atoms with van der Waals surface area (Å²) in [6, 6.07) is 7.46. The first kappa shape index (κ1) is 12.9. The van der Waals surface area contributed by atoms with Crippen LogP contribution in [-0.4, -0.2) is 10.9 Å². The molecule has 1 aromatic heterocycles. The Morgan fingerprint density at radius 1 is 1.40 bits per heavy atom. The molecule has 1 aliphatic carbocycles. The van der Waals surface area contributed by atoms with Crippen LogP contribution in [0.25, 0.3) is 0 Å². The summed E-state index contributed by atoms with van der Waals surface area (Å²) in [5.41, 5.74) is 9.33. The molecule has 3 N–H and O–H groups in total. The van der Waals surface area contributed by atoms with Gasteiger partial charge in [-0.15, -0.1) is 0 Å². The monoisotopic (exact) mass is 287 g/mol. The SMILES string of the molecule is Nc1ccc2c(c1)CCC2NC(=O)c1ccncc1Cl. The van der Waals surface area contributed by atoms with Crippen molar-refractivity contribution in [2.75, 3.05) is 5.73 Å². The summed E-state index contributed by atoms with van der Waals surface area (Å²) >= 11 is 5.99. The second-order valence-corrected chi connectivity index (χ2v) is 5.29. The Bertz CT molecular complexity index is 672. The van der Waals surface area contributed by atoms with E-state index in [4.69, 9.17) is 17.3 Å². The Morgan fingerprint density at radius 2 is 2.25 bits per heavy atom. The molecule has 1 unspecified atom stereocenters. The lowest BCUT2D eigenvalue weighted by atomic mass is 10.1. The average molecular weight is 288 g/mol. The zero-order valence-electron chi connectivity index (χ0n) is 10.8. The van der Waals surface area contributed by atoms with Crippen molar-refractivity contribution < 1.29 is 4.79 Å². The van der Waals surface area contributed by atoms with Crippen LogP contribution in [0.1, 0.15) is 33.9 Å². The number of aryl methyl sites for hydroxylation is 1. The molecule has 1 aromatic carbocycles. The number of benzene rings is 1. The molecule has 1 amide bonds. The summed E-state index contributed by atoms with van der Waals surface area (Å²) in [6.07, 6.45) is 4.84. The molecule has 4 nitrogen and oxygen atoms in total. The van der Waals surface area contributed by atoms with Crippen molar-refractivity contribution in [2.45, 2.75) is 18.9 Å². The Labute approximate surface area is 122 Å². The van der Waals surface area contributed by atoms with E-state index in [0.717, 1.165) is 24.1 Å². The summed E-state index contributed by atoms with van der Waals surface area (Å²) in [6.45, 7) is 0. The van der Waals surface area contributed by atoms with E-state index in [2.05, 4.69) is 10.3 Å². The van der Waals surface area contributed by atoms with Crippen LogP contribution in [-0.2, 0) is 6.42 Å². The van der Waals surface area contributed by atoms with Crippen molar-refractivity contribution in [1.29, 1.82) is 0 Å².